The zero-order chi connectivity index (χ0) is 26.1. The van der Waals surface area contributed by atoms with Gasteiger partial charge in [-0.05, 0) is 70.5 Å². The number of hydrogen-bond acceptors (Lipinski definition) is 4. The van der Waals surface area contributed by atoms with Gasteiger partial charge in [-0.2, -0.15) is 0 Å². The summed E-state index contributed by atoms with van der Waals surface area (Å²) >= 11 is 0. The van der Waals surface area contributed by atoms with Crippen LogP contribution >= 0.6 is 0 Å². The molecule has 2 aromatic rings. The molecule has 0 aromatic heterocycles. The van der Waals surface area contributed by atoms with Crippen LogP contribution in [0.4, 0.5) is 0 Å². The Kier molecular flexibility index (Phi) is 9.19. The van der Waals surface area contributed by atoms with Gasteiger partial charge in [-0.3, -0.25) is 9.59 Å². The van der Waals surface area contributed by atoms with Crippen LogP contribution in [0.1, 0.15) is 62.4 Å². The molecule has 186 valence electrons. The number of rotatable bonds is 11. The molecule has 1 amide bonds. The summed E-state index contributed by atoms with van der Waals surface area (Å²) in [5.74, 6) is 6.44. The third-order valence-corrected chi connectivity index (χ3v) is 5.90. The molecule has 2 aromatic carbocycles. The fourth-order valence-corrected chi connectivity index (χ4v) is 3.87. The van der Waals surface area contributed by atoms with Crippen molar-refractivity contribution in [1.82, 2.24) is 9.80 Å². The van der Waals surface area contributed by atoms with E-state index < -0.39 is 12.5 Å². The highest BCUT2D eigenvalue weighted by Gasteiger charge is 2.21. The molecule has 1 fully saturated rings. The summed E-state index contributed by atoms with van der Waals surface area (Å²) < 4.78 is 14.9. The average Bonchev–Trinajstić information content (AvgIpc) is 2.83. The van der Waals surface area contributed by atoms with Gasteiger partial charge in [0.2, 0.25) is 0 Å². The molecular formula is C29H36N2O4. The van der Waals surface area contributed by atoms with E-state index in [2.05, 4.69) is 23.8 Å². The normalized spacial score (nSPS) is 14.9. The zero-order valence-electron chi connectivity index (χ0n) is 21.9. The van der Waals surface area contributed by atoms with Crippen molar-refractivity contribution in [2.45, 2.75) is 52.1 Å². The van der Waals surface area contributed by atoms with Crippen LogP contribution in [-0.2, 0) is 11.3 Å². The first-order valence-corrected chi connectivity index (χ1v) is 12.2. The number of hydrogen-bond donors (Lipinski definition) is 1. The predicted molar refractivity (Wildman–Crippen MR) is 137 cm³/mol. The molecule has 1 unspecified atom stereocenters. The lowest BCUT2D eigenvalue weighted by molar-refractivity contribution is -0.137. The minimum absolute atomic E-state index is 0.155. The summed E-state index contributed by atoms with van der Waals surface area (Å²) in [5.41, 5.74) is 2.02. The van der Waals surface area contributed by atoms with Crippen LogP contribution in [0.5, 0.6) is 5.75 Å². The smallest absolute Gasteiger partial charge is 0.303 e. The molecule has 0 bridgehead atoms. The van der Waals surface area contributed by atoms with Gasteiger partial charge in [-0.1, -0.05) is 30.0 Å². The molecule has 1 heterocycles. The first kappa shape index (κ1) is 24.8. The van der Waals surface area contributed by atoms with Crippen molar-refractivity contribution in [2.75, 3.05) is 26.7 Å². The van der Waals surface area contributed by atoms with Gasteiger partial charge in [0.15, 0.2) is 0 Å². The van der Waals surface area contributed by atoms with E-state index in [1.807, 2.05) is 50.2 Å². The highest BCUT2D eigenvalue weighted by molar-refractivity contribution is 5.94. The molecule has 1 N–H and O–H groups in total. The Morgan fingerprint density at radius 2 is 1.86 bits per heavy atom. The van der Waals surface area contributed by atoms with E-state index >= 15 is 0 Å². The molecule has 6 nitrogen and oxygen atoms in total. The number of ether oxygens (including phenoxy) is 1. The second-order valence-electron chi connectivity index (χ2n) is 9.29. The minimum atomic E-state index is -0.934. The number of nitrogens with zero attached hydrogens (tertiary/aromatic N) is 2. The van der Waals surface area contributed by atoms with Crippen LogP contribution < -0.4 is 4.74 Å². The number of unbranched alkanes of at least 4 members (excludes halogenated alkanes) is 2. The summed E-state index contributed by atoms with van der Waals surface area (Å²) in [6.07, 6.45) is 2.25. The second-order valence-corrected chi connectivity index (χ2v) is 9.29. The van der Waals surface area contributed by atoms with Gasteiger partial charge in [0.25, 0.3) is 5.91 Å². The number of aliphatic carboxylic acids is 1. The van der Waals surface area contributed by atoms with Crippen molar-refractivity contribution in [1.29, 1.82) is 0 Å². The first-order chi connectivity index (χ1) is 17.3. The number of amides is 1. The lowest BCUT2D eigenvalue weighted by atomic mass is 10.0. The largest absolute Gasteiger partial charge is 0.493 e. The Balaban J connectivity index is 1.66. The van der Waals surface area contributed by atoms with Gasteiger partial charge >= 0.3 is 5.97 Å². The molecule has 6 heteroatoms. The number of para-hydroxylation sites is 1. The van der Waals surface area contributed by atoms with Crippen LogP contribution in [0.15, 0.2) is 48.5 Å². The van der Waals surface area contributed by atoms with Crippen molar-refractivity contribution in [2.24, 2.45) is 5.92 Å². The summed E-state index contributed by atoms with van der Waals surface area (Å²) in [6, 6.07) is 14.4. The Labute approximate surface area is 210 Å². The van der Waals surface area contributed by atoms with Gasteiger partial charge < -0.3 is 19.6 Å². The van der Waals surface area contributed by atoms with Crippen molar-refractivity contribution in [3.63, 3.8) is 0 Å². The van der Waals surface area contributed by atoms with Crippen LogP contribution in [0.3, 0.4) is 0 Å². The minimum Gasteiger partial charge on any atom is -0.493 e. The maximum atomic E-state index is 13.4. The van der Waals surface area contributed by atoms with Crippen LogP contribution in [0.25, 0.3) is 0 Å². The SMILES string of the molecule is [2H]C(c1ccccc1OCCCCCC(=O)O)N(C(=O)c1ccc(C#CC2CN(C)C2)cc1)C(C)C. The molecule has 1 aliphatic rings. The third kappa shape index (κ3) is 8.15. The molecule has 0 radical (unpaired) electrons. The fraction of sp³-hybridized carbons (Fsp3) is 0.448. The van der Waals surface area contributed by atoms with E-state index in [9.17, 15) is 9.59 Å². The molecule has 1 aliphatic heterocycles. The van der Waals surface area contributed by atoms with Gasteiger partial charge in [0, 0.05) is 54.7 Å². The van der Waals surface area contributed by atoms with Crippen molar-refractivity contribution in [3.8, 4) is 17.6 Å². The number of benzene rings is 2. The lowest BCUT2D eigenvalue weighted by Gasteiger charge is -2.32. The Hall–Kier alpha value is -3.30. The molecule has 3 rings (SSSR count). The van der Waals surface area contributed by atoms with Gasteiger partial charge in [0.05, 0.1) is 7.98 Å². The number of carboxylic acid groups (broad SMARTS) is 1. The summed E-state index contributed by atoms with van der Waals surface area (Å²) in [6.45, 7) is 5.29. The average molecular weight is 478 g/mol. The van der Waals surface area contributed by atoms with Crippen molar-refractivity contribution < 1.29 is 20.8 Å². The summed E-state index contributed by atoms with van der Waals surface area (Å²) in [4.78, 5) is 27.9. The number of carbonyl (C=O) groups excluding carboxylic acids is 1. The molecule has 35 heavy (non-hydrogen) atoms. The molecular weight excluding hydrogens is 440 g/mol. The topological polar surface area (TPSA) is 70.1 Å². The molecule has 0 spiro atoms. The van der Waals surface area contributed by atoms with Crippen LogP contribution in [0.2, 0.25) is 0 Å². The van der Waals surface area contributed by atoms with Gasteiger partial charge in [0.1, 0.15) is 5.75 Å². The van der Waals surface area contributed by atoms with E-state index in [4.69, 9.17) is 11.2 Å². The van der Waals surface area contributed by atoms with Gasteiger partial charge in [-0.15, -0.1) is 0 Å². The quantitative estimate of drug-likeness (QED) is 0.376. The first-order valence-electron chi connectivity index (χ1n) is 12.8. The van der Waals surface area contributed by atoms with Gasteiger partial charge in [-0.25, -0.2) is 0 Å². The second kappa shape index (κ2) is 13.0. The highest BCUT2D eigenvalue weighted by Crippen LogP contribution is 2.23. The van der Waals surface area contributed by atoms with E-state index in [1.54, 1.807) is 17.0 Å². The maximum absolute atomic E-state index is 13.4. The van der Waals surface area contributed by atoms with E-state index in [0.29, 0.717) is 35.8 Å². The van der Waals surface area contributed by atoms with E-state index in [-0.39, 0.29) is 18.4 Å². The zero-order valence-corrected chi connectivity index (χ0v) is 20.9. The van der Waals surface area contributed by atoms with Crippen LogP contribution in [-0.4, -0.2) is 59.6 Å². The third-order valence-electron chi connectivity index (χ3n) is 5.90. The molecule has 1 saturated heterocycles. The molecule has 0 saturated carbocycles. The van der Waals surface area contributed by atoms with E-state index in [0.717, 1.165) is 31.5 Å². The maximum Gasteiger partial charge on any atom is 0.303 e. The molecule has 1 atom stereocenters. The van der Waals surface area contributed by atoms with Crippen molar-refractivity contribution >= 4 is 11.9 Å². The van der Waals surface area contributed by atoms with E-state index in [1.165, 1.54) is 0 Å². The van der Waals surface area contributed by atoms with Crippen molar-refractivity contribution in [3.05, 3.63) is 65.2 Å². The number of likely N-dealkylation sites (tertiary alicyclic amines) is 1. The van der Waals surface area contributed by atoms with Crippen LogP contribution in [0, 0.1) is 17.8 Å². The standard InChI is InChI=1S/C29H36N2O4/c1-22(2)31(21-26-9-6-7-10-27(26)35-18-8-4-5-11-28(32)33)29(34)25-16-14-23(15-17-25)12-13-24-19-30(3)20-24/h6-7,9-10,14-17,22,24H,4-5,8,11,18-21H2,1-3H3,(H,32,33)/i21D. The number of carboxylic acids is 1. The molecule has 0 aliphatic carbocycles. The fourth-order valence-electron chi connectivity index (χ4n) is 3.87. The Bertz CT molecular complexity index is 1080. The monoisotopic (exact) mass is 477 g/mol. The Morgan fingerprint density at radius 3 is 2.51 bits per heavy atom. The lowest BCUT2D eigenvalue weighted by Crippen LogP contribution is -2.42. The summed E-state index contributed by atoms with van der Waals surface area (Å²) in [5, 5.41) is 8.75. The predicted octanol–water partition coefficient (Wildman–Crippen LogP) is 4.67. The highest BCUT2D eigenvalue weighted by atomic mass is 16.5. The summed E-state index contributed by atoms with van der Waals surface area (Å²) in [7, 11) is 2.08. The Morgan fingerprint density at radius 1 is 1.14 bits per heavy atom. The number of carbonyl (C=O) groups is 2.